The van der Waals surface area contributed by atoms with E-state index in [1.54, 1.807) is 6.92 Å². The summed E-state index contributed by atoms with van der Waals surface area (Å²) in [5, 5.41) is 97.5. The lowest BCUT2D eigenvalue weighted by Crippen LogP contribution is -2.71. The van der Waals surface area contributed by atoms with Crippen LogP contribution in [0.5, 0.6) is 0 Å². The quantitative estimate of drug-likeness (QED) is 0.0770. The molecule has 4 aliphatic carbocycles. The van der Waals surface area contributed by atoms with Crippen molar-refractivity contribution in [2.24, 2.45) is 51.2 Å². The highest BCUT2D eigenvalue weighted by Crippen LogP contribution is 2.80. The molecular weight excluding hydrogens is 893 g/mol. The second kappa shape index (κ2) is 17.9. The minimum Gasteiger partial charge on any atom is -0.457 e. The van der Waals surface area contributed by atoms with Crippen LogP contribution in [0.2, 0.25) is 0 Å². The van der Waals surface area contributed by atoms with Gasteiger partial charge in [-0.25, -0.2) is 0 Å². The van der Waals surface area contributed by atoms with Gasteiger partial charge in [-0.05, 0) is 86.4 Å². The van der Waals surface area contributed by atoms with Crippen LogP contribution in [0.15, 0.2) is 12.2 Å². The highest BCUT2D eigenvalue weighted by atomic mass is 16.8. The standard InChI is InChI=1S/C49H78O19/c1-21(2)22(3)36-40(62-23(4)52)47(9,59)39-24-10-11-29-45(7)14-13-30(44(5,6)28(45)12-15-46(29,8)48(24)19-49(39,68-36)61-20-48)65-43-38(67-41-34(57)32(55)27(17-51)64-41)37(25(53)18-60-43)66-42-35(58)33(56)31(54)26(16-50)63-42/h22,24-43,50-51,53-59H,1,10-20H2,2-9H3. The zero-order valence-electron chi connectivity index (χ0n) is 40.7. The first-order valence-corrected chi connectivity index (χ1v) is 24.9. The van der Waals surface area contributed by atoms with E-state index in [0.29, 0.717) is 19.4 Å². The fourth-order valence-corrected chi connectivity index (χ4v) is 16.1. The van der Waals surface area contributed by atoms with Crippen LogP contribution in [-0.2, 0) is 47.4 Å². The molecule has 0 aromatic rings. The molecule has 4 saturated carbocycles. The van der Waals surface area contributed by atoms with E-state index in [1.165, 1.54) is 6.92 Å². The van der Waals surface area contributed by atoms with Crippen LogP contribution in [0.25, 0.3) is 0 Å². The summed E-state index contributed by atoms with van der Waals surface area (Å²) in [6, 6.07) is 0. The van der Waals surface area contributed by atoms with Gasteiger partial charge in [0.05, 0.1) is 32.5 Å². The van der Waals surface area contributed by atoms with Crippen molar-refractivity contribution >= 4 is 5.97 Å². The second-order valence-corrected chi connectivity index (χ2v) is 23.5. The Balaban J connectivity index is 0.978. The summed E-state index contributed by atoms with van der Waals surface area (Å²) in [6.45, 7) is 19.4. The maximum absolute atomic E-state index is 12.8. The van der Waals surface area contributed by atoms with E-state index in [-0.39, 0.29) is 46.5 Å². The average molecular weight is 971 g/mol. The molecule has 19 heteroatoms. The summed E-state index contributed by atoms with van der Waals surface area (Å²) in [5.41, 5.74) is -1.73. The van der Waals surface area contributed by atoms with Gasteiger partial charge in [0.1, 0.15) is 72.7 Å². The molecule has 0 aromatic carbocycles. The number of esters is 1. The zero-order valence-corrected chi connectivity index (χ0v) is 40.7. The number of aliphatic hydroxyl groups excluding tert-OH is 8. The van der Waals surface area contributed by atoms with Crippen LogP contribution in [0.4, 0.5) is 0 Å². The summed E-state index contributed by atoms with van der Waals surface area (Å²) >= 11 is 0. The summed E-state index contributed by atoms with van der Waals surface area (Å²) in [6.07, 6.45) is -16.1. The first-order valence-electron chi connectivity index (χ1n) is 24.9. The van der Waals surface area contributed by atoms with Gasteiger partial charge in [0, 0.05) is 30.6 Å². The monoisotopic (exact) mass is 971 g/mol. The van der Waals surface area contributed by atoms with Crippen LogP contribution < -0.4 is 0 Å². The Hall–Kier alpha value is -1.47. The number of rotatable bonds is 11. The number of carbonyl (C=O) groups excluding carboxylic acids is 1. The first-order chi connectivity index (χ1) is 31.8. The van der Waals surface area contributed by atoms with Crippen molar-refractivity contribution in [1.82, 2.24) is 0 Å². The predicted molar refractivity (Wildman–Crippen MR) is 234 cm³/mol. The van der Waals surface area contributed by atoms with Crippen LogP contribution in [0.3, 0.4) is 0 Å². The van der Waals surface area contributed by atoms with Gasteiger partial charge in [-0.1, -0.05) is 46.8 Å². The smallest absolute Gasteiger partial charge is 0.303 e. The van der Waals surface area contributed by atoms with Crippen LogP contribution in [0, 0.1) is 51.2 Å². The molecule has 26 atom stereocenters. The van der Waals surface area contributed by atoms with Crippen LogP contribution in [0.1, 0.15) is 100 Å². The Kier molecular flexibility index (Phi) is 13.5. The van der Waals surface area contributed by atoms with Crippen LogP contribution in [-0.4, -0.2) is 188 Å². The summed E-state index contributed by atoms with van der Waals surface area (Å²) in [5.74, 6) is -1.69. The van der Waals surface area contributed by atoms with Gasteiger partial charge in [-0.3, -0.25) is 4.79 Å². The molecule has 9 rings (SSSR count). The van der Waals surface area contributed by atoms with E-state index in [1.807, 2.05) is 13.8 Å². The Morgan fingerprint density at radius 2 is 1.38 bits per heavy atom. The predicted octanol–water partition coefficient (Wildman–Crippen LogP) is 0.393. The number of hydrogen-bond acceptors (Lipinski definition) is 19. The third-order valence-electron chi connectivity index (χ3n) is 19.6. The Bertz CT molecular complexity index is 1880. The molecule has 0 amide bonds. The molecule has 26 unspecified atom stereocenters. The molecule has 9 aliphatic rings. The lowest BCUT2D eigenvalue weighted by atomic mass is 9.35. The van der Waals surface area contributed by atoms with Gasteiger partial charge in [-0.2, -0.15) is 0 Å². The third kappa shape index (κ3) is 7.57. The molecule has 5 heterocycles. The minimum absolute atomic E-state index is 0.0597. The Labute approximate surface area is 398 Å². The molecule has 5 aliphatic heterocycles. The van der Waals surface area contributed by atoms with E-state index in [4.69, 9.17) is 42.6 Å². The Morgan fingerprint density at radius 1 is 0.765 bits per heavy atom. The SMILES string of the molecule is C=C(C)C(C)C1OC23CC4(CO2)C(CCC2C5(C)CCC(OC6OCC(O)C(OC7OC(CO)C(O)C(O)C7O)C6OC6OC(CO)C(O)C6O)C(C)(C)C5CCC24C)C3C(C)(O)C1OC(C)=O. The molecule has 9 N–H and O–H groups in total. The molecule has 388 valence electrons. The van der Waals surface area contributed by atoms with Crippen molar-refractivity contribution in [3.05, 3.63) is 12.2 Å². The largest absolute Gasteiger partial charge is 0.457 e. The molecule has 2 spiro atoms. The van der Waals surface area contributed by atoms with Gasteiger partial charge in [0.2, 0.25) is 0 Å². The summed E-state index contributed by atoms with van der Waals surface area (Å²) < 4.78 is 56.9. The second-order valence-electron chi connectivity index (χ2n) is 23.5. The number of hydrogen-bond donors (Lipinski definition) is 9. The average Bonchev–Trinajstić information content (AvgIpc) is 3.90. The van der Waals surface area contributed by atoms with Crippen molar-refractivity contribution < 1.29 is 93.4 Å². The molecule has 68 heavy (non-hydrogen) atoms. The minimum atomic E-state index is -1.81. The van der Waals surface area contributed by atoms with Crippen molar-refractivity contribution in [2.45, 2.75) is 210 Å². The lowest BCUT2D eigenvalue weighted by molar-refractivity contribution is -0.378. The highest BCUT2D eigenvalue weighted by molar-refractivity contribution is 5.66. The number of ether oxygens (including phenoxy) is 9. The normalized spacial score (nSPS) is 55.4. The maximum Gasteiger partial charge on any atom is 0.303 e. The van der Waals surface area contributed by atoms with E-state index >= 15 is 0 Å². The molecule has 0 radical (unpaired) electrons. The van der Waals surface area contributed by atoms with Crippen molar-refractivity contribution in [1.29, 1.82) is 0 Å². The third-order valence-corrected chi connectivity index (χ3v) is 19.6. The van der Waals surface area contributed by atoms with E-state index < -0.39 is 140 Å². The Morgan fingerprint density at radius 3 is 2.00 bits per heavy atom. The summed E-state index contributed by atoms with van der Waals surface area (Å²) in [7, 11) is 0. The van der Waals surface area contributed by atoms with Gasteiger partial charge >= 0.3 is 5.97 Å². The fourth-order valence-electron chi connectivity index (χ4n) is 16.1. The molecule has 9 fully saturated rings. The lowest BCUT2D eigenvalue weighted by Gasteiger charge is -2.70. The van der Waals surface area contributed by atoms with Crippen molar-refractivity contribution in [3.8, 4) is 0 Å². The van der Waals surface area contributed by atoms with E-state index in [2.05, 4.69) is 34.3 Å². The van der Waals surface area contributed by atoms with Crippen LogP contribution >= 0.6 is 0 Å². The molecule has 0 aromatic heterocycles. The maximum atomic E-state index is 12.8. The number of aliphatic hydroxyl groups is 9. The zero-order chi connectivity index (χ0) is 49.4. The van der Waals surface area contributed by atoms with E-state index in [9.17, 15) is 50.8 Å². The van der Waals surface area contributed by atoms with Crippen molar-refractivity contribution in [2.75, 3.05) is 26.4 Å². The first kappa shape index (κ1) is 51.4. The highest BCUT2D eigenvalue weighted by Gasteiger charge is 2.82. The molecule has 2 bridgehead atoms. The molecule has 19 nitrogen and oxygen atoms in total. The van der Waals surface area contributed by atoms with Crippen molar-refractivity contribution in [3.63, 3.8) is 0 Å². The van der Waals surface area contributed by atoms with Gasteiger partial charge in [0.15, 0.2) is 30.8 Å². The van der Waals surface area contributed by atoms with Gasteiger partial charge in [0.25, 0.3) is 0 Å². The van der Waals surface area contributed by atoms with Gasteiger partial charge in [-0.15, -0.1) is 0 Å². The topological polar surface area (TPSA) is 282 Å². The number of carbonyl (C=O) groups is 1. The molecular formula is C49H78O19. The van der Waals surface area contributed by atoms with E-state index in [0.717, 1.165) is 37.7 Å². The summed E-state index contributed by atoms with van der Waals surface area (Å²) in [4.78, 5) is 12.6. The van der Waals surface area contributed by atoms with Gasteiger partial charge < -0.3 is 88.6 Å². The number of fused-ring (bicyclic) bond motifs is 4. The fraction of sp³-hybridized carbons (Fsp3) is 0.939. The molecule has 5 saturated heterocycles.